The predicted octanol–water partition coefficient (Wildman–Crippen LogP) is 0.838. The zero-order valence-electron chi connectivity index (χ0n) is 20.2. The molecule has 200 valence electrons. The highest BCUT2D eigenvalue weighted by Gasteiger charge is 2.68. The molecule has 3 unspecified atom stereocenters. The molecule has 7 N–H and O–H groups in total. The maximum absolute atomic E-state index is 14.0. The van der Waals surface area contributed by atoms with Crippen molar-refractivity contribution in [3.05, 3.63) is 46.2 Å². The summed E-state index contributed by atoms with van der Waals surface area (Å²) in [4.78, 5) is 40.7. The molecule has 0 radical (unpaired) electrons. The Morgan fingerprint density at radius 1 is 1.22 bits per heavy atom. The van der Waals surface area contributed by atoms with Crippen LogP contribution in [0.5, 0.6) is 5.75 Å². The van der Waals surface area contributed by atoms with Crippen molar-refractivity contribution in [3.8, 4) is 5.75 Å². The average Bonchev–Trinajstić information content (AvgIpc) is 2.82. The molecule has 0 bridgehead atoms. The SMILES string of the molecule is CN(C)[C@@H]1C(=O)C(C(N)=O)=C(O)[C@@]2(O)C(=O)C3=C(O)c4c(O)cccc4[C@H](CSCCCCl)C3C(O)C12. The first-order chi connectivity index (χ1) is 17.4. The van der Waals surface area contributed by atoms with Crippen LogP contribution in [0.25, 0.3) is 5.76 Å². The number of hydrogen-bond donors (Lipinski definition) is 6. The molecule has 0 heterocycles. The van der Waals surface area contributed by atoms with Crippen molar-refractivity contribution < 1.29 is 39.9 Å². The van der Waals surface area contributed by atoms with Crippen molar-refractivity contribution in [1.82, 2.24) is 4.90 Å². The van der Waals surface area contributed by atoms with E-state index >= 15 is 0 Å². The second-order valence-electron chi connectivity index (χ2n) is 9.73. The lowest BCUT2D eigenvalue weighted by atomic mass is 9.54. The number of nitrogens with two attached hydrogens (primary N) is 1. The number of hydrogen-bond acceptors (Lipinski definition) is 10. The quantitative estimate of drug-likeness (QED) is 0.161. The van der Waals surface area contributed by atoms with E-state index in [4.69, 9.17) is 17.3 Å². The van der Waals surface area contributed by atoms with E-state index in [1.807, 2.05) is 0 Å². The van der Waals surface area contributed by atoms with E-state index in [2.05, 4.69) is 0 Å². The number of carbonyl (C=O) groups excluding carboxylic acids is 3. The van der Waals surface area contributed by atoms with Crippen LogP contribution in [0.4, 0.5) is 0 Å². The number of carbonyl (C=O) groups is 3. The van der Waals surface area contributed by atoms with Crippen LogP contribution in [-0.2, 0) is 14.4 Å². The van der Waals surface area contributed by atoms with Crippen LogP contribution in [-0.4, -0.2) is 97.1 Å². The lowest BCUT2D eigenvalue weighted by Crippen LogP contribution is -2.70. The van der Waals surface area contributed by atoms with E-state index in [1.54, 1.807) is 12.1 Å². The third-order valence-corrected chi connectivity index (χ3v) is 8.96. The van der Waals surface area contributed by atoms with Crippen LogP contribution in [0.15, 0.2) is 35.1 Å². The molecule has 0 spiro atoms. The molecule has 1 fully saturated rings. The summed E-state index contributed by atoms with van der Waals surface area (Å²) >= 11 is 7.30. The Morgan fingerprint density at radius 3 is 2.49 bits per heavy atom. The highest BCUT2D eigenvalue weighted by Crippen LogP contribution is 2.56. The number of amides is 1. The standard InChI is InChI=1S/C25H29ClN2O8S/c1-28(2)18-17-20(31)14-11(9-37-8-4-7-26)10-5-3-6-12(29)13(10)19(30)15(14)22(33)25(17,36)23(34)16(21(18)32)24(27)35/h3,5-6,11,14,17-18,20,29-31,34,36H,4,7-9H2,1-2H3,(H2,27,35)/t11-,14?,17?,18-,20?,25-/m0/s1. The fourth-order valence-corrected chi connectivity index (χ4v) is 7.41. The van der Waals surface area contributed by atoms with Gasteiger partial charge in [-0.2, -0.15) is 11.8 Å². The monoisotopic (exact) mass is 552 g/mol. The summed E-state index contributed by atoms with van der Waals surface area (Å²) in [5, 5.41) is 56.2. The van der Waals surface area contributed by atoms with Gasteiger partial charge in [0.05, 0.1) is 23.6 Å². The average molecular weight is 553 g/mol. The Bertz CT molecular complexity index is 1230. The number of ketones is 2. The fourth-order valence-electron chi connectivity index (χ4n) is 5.96. The van der Waals surface area contributed by atoms with Crippen LogP contribution in [0.3, 0.4) is 0 Å². The van der Waals surface area contributed by atoms with Gasteiger partial charge in [0, 0.05) is 29.0 Å². The first kappa shape index (κ1) is 27.5. The van der Waals surface area contributed by atoms with Crippen LogP contribution >= 0.6 is 23.4 Å². The van der Waals surface area contributed by atoms with Gasteiger partial charge in [0.1, 0.15) is 22.8 Å². The number of Topliss-reactive ketones (excluding diaryl/α,β-unsaturated/α-hetero) is 2. The van der Waals surface area contributed by atoms with E-state index in [-0.39, 0.29) is 11.3 Å². The van der Waals surface area contributed by atoms with Crippen LogP contribution in [0, 0.1) is 11.8 Å². The Hall–Kier alpha value is -2.57. The minimum absolute atomic E-state index is 0.0195. The first-order valence-corrected chi connectivity index (χ1v) is 13.4. The zero-order valence-corrected chi connectivity index (χ0v) is 21.8. The molecule has 0 aromatic heterocycles. The number of aliphatic hydroxyl groups is 4. The summed E-state index contributed by atoms with van der Waals surface area (Å²) in [7, 11) is 2.94. The number of thioether (sulfide) groups is 1. The Balaban J connectivity index is 1.98. The number of rotatable bonds is 7. The number of benzene rings is 1. The van der Waals surface area contributed by atoms with Crippen LogP contribution in [0.2, 0.25) is 0 Å². The third-order valence-electron chi connectivity index (χ3n) is 7.52. The molecule has 0 saturated heterocycles. The third kappa shape index (κ3) is 3.95. The number of fused-ring (bicyclic) bond motifs is 3. The van der Waals surface area contributed by atoms with Gasteiger partial charge in [0.15, 0.2) is 11.4 Å². The zero-order chi connectivity index (χ0) is 27.4. The van der Waals surface area contributed by atoms with Gasteiger partial charge < -0.3 is 31.3 Å². The summed E-state index contributed by atoms with van der Waals surface area (Å²) in [5.41, 5.74) is 1.53. The molecule has 1 saturated carbocycles. The molecule has 0 aliphatic heterocycles. The molecule has 12 heteroatoms. The van der Waals surface area contributed by atoms with Crippen molar-refractivity contribution in [1.29, 1.82) is 0 Å². The molecule has 4 rings (SSSR count). The first-order valence-electron chi connectivity index (χ1n) is 11.7. The number of nitrogens with zero attached hydrogens (tertiary/aromatic N) is 1. The molecule has 3 aliphatic rings. The minimum atomic E-state index is -2.93. The second-order valence-corrected chi connectivity index (χ2v) is 11.3. The molecular formula is C25H29ClN2O8S. The van der Waals surface area contributed by atoms with Gasteiger partial charge in [-0.1, -0.05) is 12.1 Å². The van der Waals surface area contributed by atoms with Crippen molar-refractivity contribution in [2.45, 2.75) is 30.1 Å². The summed E-state index contributed by atoms with van der Waals surface area (Å²) < 4.78 is 0. The number of phenolic OH excluding ortho intramolecular Hbond substituents is 1. The molecule has 37 heavy (non-hydrogen) atoms. The van der Waals surface area contributed by atoms with Crippen molar-refractivity contribution in [2.24, 2.45) is 17.6 Å². The highest BCUT2D eigenvalue weighted by atomic mass is 35.5. The summed E-state index contributed by atoms with van der Waals surface area (Å²) in [5.74, 6) is -7.47. The summed E-state index contributed by atoms with van der Waals surface area (Å²) in [6.07, 6.45) is -0.915. The van der Waals surface area contributed by atoms with Gasteiger partial charge in [-0.3, -0.25) is 19.3 Å². The number of likely N-dealkylation sites (N-methyl/N-ethyl adjacent to an activating group) is 1. The molecule has 1 amide bonds. The summed E-state index contributed by atoms with van der Waals surface area (Å²) in [6.45, 7) is 0. The molecular weight excluding hydrogens is 524 g/mol. The Labute approximate surface area is 222 Å². The number of aromatic hydroxyl groups is 1. The Morgan fingerprint density at radius 2 is 1.89 bits per heavy atom. The normalized spacial score (nSPS) is 31.4. The maximum Gasteiger partial charge on any atom is 0.255 e. The molecule has 3 aliphatic carbocycles. The number of halogens is 1. The molecule has 1 aromatic rings. The molecule has 1 aromatic carbocycles. The topological polar surface area (TPSA) is 182 Å². The van der Waals surface area contributed by atoms with Gasteiger partial charge in [0.25, 0.3) is 5.91 Å². The smallest absolute Gasteiger partial charge is 0.255 e. The van der Waals surface area contributed by atoms with E-state index in [0.717, 1.165) is 0 Å². The molecule has 6 atom stereocenters. The maximum atomic E-state index is 14.0. The van der Waals surface area contributed by atoms with Crippen molar-refractivity contribution in [2.75, 3.05) is 31.5 Å². The second kappa shape index (κ2) is 9.95. The number of phenols is 1. The lowest BCUT2D eigenvalue weighted by molar-refractivity contribution is -0.169. The van der Waals surface area contributed by atoms with E-state index in [9.17, 15) is 39.9 Å². The number of aliphatic hydroxyl groups excluding tert-OH is 3. The molecule has 10 nitrogen and oxygen atoms in total. The van der Waals surface area contributed by atoms with E-state index < -0.39 is 75.6 Å². The van der Waals surface area contributed by atoms with Gasteiger partial charge >= 0.3 is 0 Å². The predicted molar refractivity (Wildman–Crippen MR) is 137 cm³/mol. The van der Waals surface area contributed by atoms with Crippen molar-refractivity contribution in [3.63, 3.8) is 0 Å². The summed E-state index contributed by atoms with van der Waals surface area (Å²) in [6, 6.07) is 3.20. The Kier molecular flexibility index (Phi) is 7.39. The van der Waals surface area contributed by atoms with Gasteiger partial charge in [-0.15, -0.1) is 11.6 Å². The van der Waals surface area contributed by atoms with Crippen LogP contribution < -0.4 is 5.73 Å². The van der Waals surface area contributed by atoms with Crippen molar-refractivity contribution >= 4 is 46.6 Å². The highest BCUT2D eigenvalue weighted by molar-refractivity contribution is 7.99. The fraction of sp³-hybridized carbons (Fsp3) is 0.480. The number of primary amides is 1. The van der Waals surface area contributed by atoms with Crippen LogP contribution in [0.1, 0.15) is 23.5 Å². The van der Waals surface area contributed by atoms with Gasteiger partial charge in [0.2, 0.25) is 5.78 Å². The lowest BCUT2D eigenvalue weighted by Gasteiger charge is -2.54. The minimum Gasteiger partial charge on any atom is -0.508 e. The van der Waals surface area contributed by atoms with Gasteiger partial charge in [-0.05, 0) is 37.9 Å². The number of alkyl halides is 1. The largest absolute Gasteiger partial charge is 0.508 e. The van der Waals surface area contributed by atoms with Gasteiger partial charge in [-0.25, -0.2) is 0 Å². The van der Waals surface area contributed by atoms with E-state index in [1.165, 1.54) is 36.8 Å². The van der Waals surface area contributed by atoms with E-state index in [0.29, 0.717) is 29.4 Å².